The number of hydrogen-bond acceptors (Lipinski definition) is 3. The minimum Gasteiger partial charge on any atom is -0.497 e. The van der Waals surface area contributed by atoms with Gasteiger partial charge in [0.05, 0.1) is 13.2 Å². The van der Waals surface area contributed by atoms with Gasteiger partial charge in [-0.1, -0.05) is 11.6 Å². The third-order valence-electron chi connectivity index (χ3n) is 5.27. The average Bonchev–Trinajstić information content (AvgIpc) is 3.48. The Bertz CT molecular complexity index is 1020. The molecule has 0 aliphatic heterocycles. The fraction of sp³-hybridized carbons (Fsp3) is 0.318. The molecule has 1 N–H and O–H groups in total. The summed E-state index contributed by atoms with van der Waals surface area (Å²) in [5, 5.41) is 1.62. The molecule has 0 amide bonds. The van der Waals surface area contributed by atoms with Crippen molar-refractivity contribution in [2.75, 3.05) is 7.11 Å². The first-order valence-electron chi connectivity index (χ1n) is 9.24. The van der Waals surface area contributed by atoms with Gasteiger partial charge >= 0.3 is 5.63 Å². The molecule has 4 rings (SSSR count). The van der Waals surface area contributed by atoms with Gasteiger partial charge in [-0.25, -0.2) is 4.79 Å². The van der Waals surface area contributed by atoms with Crippen molar-refractivity contribution in [2.45, 2.75) is 38.9 Å². The van der Waals surface area contributed by atoms with E-state index in [0.29, 0.717) is 16.6 Å². The van der Waals surface area contributed by atoms with Gasteiger partial charge in [-0.15, -0.1) is 0 Å². The summed E-state index contributed by atoms with van der Waals surface area (Å²) >= 11 is 6.33. The summed E-state index contributed by atoms with van der Waals surface area (Å²) in [4.78, 5) is 13.5. The number of ether oxygens (including phenoxy) is 1. The molecule has 27 heavy (non-hydrogen) atoms. The van der Waals surface area contributed by atoms with Crippen LogP contribution in [0.3, 0.4) is 0 Å². The first-order chi connectivity index (χ1) is 13.0. The van der Waals surface area contributed by atoms with Crippen LogP contribution in [0, 0.1) is 6.92 Å². The number of nitrogens with one attached hydrogen (secondary N) is 1. The van der Waals surface area contributed by atoms with Crippen LogP contribution in [-0.4, -0.2) is 13.2 Å². The first kappa shape index (κ1) is 18.1. The normalized spacial score (nSPS) is 15.1. The average molecular weight is 385 g/mol. The van der Waals surface area contributed by atoms with E-state index in [2.05, 4.69) is 12.1 Å². The van der Waals surface area contributed by atoms with Crippen LogP contribution >= 0.6 is 11.6 Å². The number of quaternary nitrogens is 1. The molecule has 1 heterocycles. The smallest absolute Gasteiger partial charge is 0.336 e. The predicted octanol–water partition coefficient (Wildman–Crippen LogP) is 3.51. The van der Waals surface area contributed by atoms with Crippen LogP contribution < -0.4 is 15.3 Å². The standard InChI is InChI=1S/C22H22ClNO3/c1-14-9-21-19(11-20(14)23)16(10-22(25)27-21)13-24(17-5-6-17)12-15-3-7-18(26-2)8-4-15/h3-4,7-11,17H,5-6,12-13H2,1-2H3/p+1. The van der Waals surface area contributed by atoms with Gasteiger partial charge in [-0.05, 0) is 48.9 Å². The third-order valence-corrected chi connectivity index (χ3v) is 5.68. The number of halogens is 1. The number of fused-ring (bicyclic) bond motifs is 1. The Labute approximate surface area is 163 Å². The van der Waals surface area contributed by atoms with E-state index in [1.54, 1.807) is 13.2 Å². The Kier molecular flexibility index (Phi) is 4.94. The lowest BCUT2D eigenvalue weighted by atomic mass is 10.1. The molecule has 1 aliphatic carbocycles. The van der Waals surface area contributed by atoms with Crippen molar-refractivity contribution in [2.24, 2.45) is 0 Å². The Balaban J connectivity index is 1.65. The van der Waals surface area contributed by atoms with Gasteiger partial charge in [-0.2, -0.15) is 0 Å². The molecule has 3 aromatic rings. The third kappa shape index (κ3) is 4.02. The zero-order chi connectivity index (χ0) is 19.0. The van der Waals surface area contributed by atoms with E-state index in [9.17, 15) is 4.79 Å². The minimum atomic E-state index is -0.307. The minimum absolute atomic E-state index is 0.307. The van der Waals surface area contributed by atoms with Gasteiger partial charge in [0.15, 0.2) is 0 Å². The van der Waals surface area contributed by atoms with Gasteiger partial charge in [0.1, 0.15) is 24.4 Å². The van der Waals surface area contributed by atoms with E-state index in [1.165, 1.54) is 23.3 Å². The zero-order valence-electron chi connectivity index (χ0n) is 15.5. The van der Waals surface area contributed by atoms with E-state index >= 15 is 0 Å². The van der Waals surface area contributed by atoms with E-state index in [0.717, 1.165) is 35.4 Å². The molecule has 0 bridgehead atoms. The van der Waals surface area contributed by atoms with E-state index < -0.39 is 0 Å². The number of aryl methyl sites for hydroxylation is 1. The van der Waals surface area contributed by atoms with E-state index in [1.807, 2.05) is 31.2 Å². The topological polar surface area (TPSA) is 43.9 Å². The highest BCUT2D eigenvalue weighted by atomic mass is 35.5. The number of methoxy groups -OCH3 is 1. The van der Waals surface area contributed by atoms with Gasteiger partial charge in [-0.3, -0.25) is 0 Å². The van der Waals surface area contributed by atoms with Crippen molar-refractivity contribution in [3.05, 3.63) is 74.6 Å². The Morgan fingerprint density at radius 3 is 2.56 bits per heavy atom. The summed E-state index contributed by atoms with van der Waals surface area (Å²) in [6.45, 7) is 3.61. The van der Waals surface area contributed by atoms with Crippen LogP contribution in [0.15, 0.2) is 51.7 Å². The highest BCUT2D eigenvalue weighted by molar-refractivity contribution is 6.32. The molecule has 1 saturated carbocycles. The van der Waals surface area contributed by atoms with E-state index in [-0.39, 0.29) is 5.63 Å². The molecule has 2 aromatic carbocycles. The first-order valence-corrected chi connectivity index (χ1v) is 9.61. The Hall–Kier alpha value is -2.30. The highest BCUT2D eigenvalue weighted by Crippen LogP contribution is 2.25. The summed E-state index contributed by atoms with van der Waals surface area (Å²) in [7, 11) is 1.68. The fourth-order valence-electron chi connectivity index (χ4n) is 3.59. The van der Waals surface area contributed by atoms with Crippen LogP contribution in [0.2, 0.25) is 5.02 Å². The van der Waals surface area contributed by atoms with Gasteiger partial charge in [0.2, 0.25) is 0 Å². The van der Waals surface area contributed by atoms with Crippen LogP contribution in [0.4, 0.5) is 0 Å². The second-order valence-corrected chi connectivity index (χ2v) is 7.73. The maximum Gasteiger partial charge on any atom is 0.336 e. The maximum absolute atomic E-state index is 12.1. The molecule has 5 heteroatoms. The van der Waals surface area contributed by atoms with Crippen LogP contribution in [-0.2, 0) is 13.1 Å². The van der Waals surface area contributed by atoms with E-state index in [4.69, 9.17) is 20.8 Å². The van der Waals surface area contributed by atoms with Crippen LogP contribution in [0.5, 0.6) is 5.75 Å². The zero-order valence-corrected chi connectivity index (χ0v) is 16.3. The lowest BCUT2D eigenvalue weighted by Crippen LogP contribution is -3.10. The molecule has 4 nitrogen and oxygen atoms in total. The molecule has 140 valence electrons. The van der Waals surface area contributed by atoms with Crippen molar-refractivity contribution in [1.82, 2.24) is 0 Å². The number of hydrogen-bond donors (Lipinski definition) is 1. The van der Waals surface area contributed by atoms with Crippen molar-refractivity contribution in [3.8, 4) is 5.75 Å². The maximum atomic E-state index is 12.1. The summed E-state index contributed by atoms with van der Waals surface area (Å²) < 4.78 is 10.6. The second-order valence-electron chi connectivity index (χ2n) is 7.32. The molecule has 0 saturated heterocycles. The van der Waals surface area contributed by atoms with Gasteiger partial charge in [0, 0.05) is 40.4 Å². The highest BCUT2D eigenvalue weighted by Gasteiger charge is 2.33. The Morgan fingerprint density at radius 2 is 1.89 bits per heavy atom. The SMILES string of the molecule is COc1ccc(C[NH+](Cc2cc(=O)oc3cc(C)c(Cl)cc23)C2CC2)cc1. The van der Waals surface area contributed by atoms with Crippen molar-refractivity contribution in [3.63, 3.8) is 0 Å². The quantitative estimate of drug-likeness (QED) is 0.661. The molecule has 1 aromatic heterocycles. The predicted molar refractivity (Wildman–Crippen MR) is 107 cm³/mol. The Morgan fingerprint density at radius 1 is 1.15 bits per heavy atom. The van der Waals surface area contributed by atoms with Gasteiger partial charge in [0.25, 0.3) is 0 Å². The monoisotopic (exact) mass is 384 g/mol. The van der Waals surface area contributed by atoms with Crippen LogP contribution in [0.1, 0.15) is 29.5 Å². The summed E-state index contributed by atoms with van der Waals surface area (Å²) in [6.07, 6.45) is 2.45. The number of rotatable bonds is 6. The molecule has 1 aliphatic rings. The van der Waals surface area contributed by atoms with Crippen LogP contribution in [0.25, 0.3) is 11.0 Å². The van der Waals surface area contributed by atoms with Crippen molar-refractivity contribution >= 4 is 22.6 Å². The summed E-state index contributed by atoms with van der Waals surface area (Å²) in [5.41, 5.74) is 3.48. The van der Waals surface area contributed by atoms with Crippen molar-refractivity contribution < 1.29 is 14.1 Å². The molecule has 0 spiro atoms. The molecular formula is C22H23ClNO3+. The fourth-order valence-corrected chi connectivity index (χ4v) is 3.75. The number of benzene rings is 2. The molecule has 0 radical (unpaired) electrons. The largest absolute Gasteiger partial charge is 0.497 e. The lowest BCUT2D eigenvalue weighted by Gasteiger charge is -2.20. The molecule has 1 fully saturated rings. The molecule has 1 atom stereocenters. The summed E-state index contributed by atoms with van der Waals surface area (Å²) in [6, 6.07) is 14.2. The molecule has 1 unspecified atom stereocenters. The lowest BCUT2D eigenvalue weighted by molar-refractivity contribution is -0.938. The molecular weight excluding hydrogens is 362 g/mol. The van der Waals surface area contributed by atoms with Gasteiger partial charge < -0.3 is 14.1 Å². The summed E-state index contributed by atoms with van der Waals surface area (Å²) in [5.74, 6) is 0.864. The van der Waals surface area contributed by atoms with Crippen molar-refractivity contribution in [1.29, 1.82) is 0 Å². The second kappa shape index (κ2) is 7.37.